The Labute approximate surface area is 85.8 Å². The zero-order valence-corrected chi connectivity index (χ0v) is 11.0. The van der Waals surface area contributed by atoms with Crippen LogP contribution in [0.4, 0.5) is 0 Å². The maximum absolute atomic E-state index is 5.83. The van der Waals surface area contributed by atoms with Crippen molar-refractivity contribution in [1.82, 2.24) is 0 Å². The average molecular weight is 204 g/mol. The summed E-state index contributed by atoms with van der Waals surface area (Å²) in [5.41, 5.74) is 0.0602. The second-order valence-electron chi connectivity index (χ2n) is 5.10. The van der Waals surface area contributed by atoms with Crippen LogP contribution in [0, 0.1) is 0 Å². The summed E-state index contributed by atoms with van der Waals surface area (Å²) in [6.07, 6.45) is 3.44. The van der Waals surface area contributed by atoms with Gasteiger partial charge in [0.15, 0.2) is 0 Å². The van der Waals surface area contributed by atoms with Gasteiger partial charge < -0.3 is 4.74 Å². The highest BCUT2D eigenvalue weighted by atomic mass is 31.0. The third-order valence-corrected chi connectivity index (χ3v) is 2.38. The second kappa shape index (κ2) is 5.32. The summed E-state index contributed by atoms with van der Waals surface area (Å²) in [5.74, 6) is 0. The molecular weight excluding hydrogens is 179 g/mol. The summed E-state index contributed by atoms with van der Waals surface area (Å²) in [6.45, 7) is 11.8. The van der Waals surface area contributed by atoms with E-state index in [1.807, 2.05) is 0 Å². The molecule has 0 saturated carbocycles. The minimum absolute atomic E-state index is 0.0602. The van der Waals surface area contributed by atoms with Crippen molar-refractivity contribution >= 4 is 9.24 Å². The molecule has 0 aliphatic carbocycles. The van der Waals surface area contributed by atoms with E-state index in [0.717, 1.165) is 19.4 Å². The van der Waals surface area contributed by atoms with Crippen LogP contribution in [0.15, 0.2) is 0 Å². The molecule has 1 nitrogen and oxygen atoms in total. The number of ether oxygens (including phenoxy) is 1. The first-order valence-electron chi connectivity index (χ1n) is 5.20. The van der Waals surface area contributed by atoms with E-state index in [-0.39, 0.29) is 5.60 Å². The van der Waals surface area contributed by atoms with Gasteiger partial charge in [-0.05, 0) is 31.8 Å². The Hall–Kier alpha value is 0.390. The van der Waals surface area contributed by atoms with Crippen LogP contribution in [-0.2, 0) is 4.74 Å². The number of hydrogen-bond donors (Lipinski definition) is 0. The van der Waals surface area contributed by atoms with Crippen LogP contribution in [0.25, 0.3) is 0 Å². The maximum Gasteiger partial charge on any atom is 0.0626 e. The summed E-state index contributed by atoms with van der Waals surface area (Å²) >= 11 is 0. The lowest BCUT2D eigenvalue weighted by Crippen LogP contribution is -2.26. The first-order valence-corrected chi connectivity index (χ1v) is 5.77. The minimum Gasteiger partial charge on any atom is -0.376 e. The lowest BCUT2D eigenvalue weighted by molar-refractivity contribution is -0.0268. The molecule has 2 heteroatoms. The van der Waals surface area contributed by atoms with Gasteiger partial charge in [-0.25, -0.2) is 0 Å². The SMILES string of the molecule is CCCC(C)(C)OCCC(C)(C)P. The predicted molar refractivity (Wildman–Crippen MR) is 63.3 cm³/mol. The average Bonchev–Trinajstić information content (AvgIpc) is 1.82. The molecule has 0 aromatic carbocycles. The second-order valence-corrected chi connectivity index (χ2v) is 6.66. The first kappa shape index (κ1) is 13.4. The van der Waals surface area contributed by atoms with Crippen LogP contribution in [0.2, 0.25) is 0 Å². The van der Waals surface area contributed by atoms with Gasteiger partial charge in [0.25, 0.3) is 0 Å². The van der Waals surface area contributed by atoms with Crippen LogP contribution in [0.1, 0.15) is 53.9 Å². The van der Waals surface area contributed by atoms with E-state index in [1.54, 1.807) is 0 Å². The lowest BCUT2D eigenvalue weighted by Gasteiger charge is -2.27. The summed E-state index contributed by atoms with van der Waals surface area (Å²) < 4.78 is 5.83. The fourth-order valence-electron chi connectivity index (χ4n) is 1.26. The molecule has 0 spiro atoms. The Bertz CT molecular complexity index is 136. The van der Waals surface area contributed by atoms with Crippen molar-refractivity contribution in [2.75, 3.05) is 6.61 Å². The van der Waals surface area contributed by atoms with Gasteiger partial charge in [0.05, 0.1) is 5.60 Å². The molecule has 0 rings (SSSR count). The molecule has 0 aliphatic rings. The molecule has 0 saturated heterocycles. The minimum atomic E-state index is 0.0602. The third-order valence-electron chi connectivity index (χ3n) is 2.09. The van der Waals surface area contributed by atoms with Gasteiger partial charge in [-0.15, -0.1) is 9.24 Å². The highest BCUT2D eigenvalue weighted by Gasteiger charge is 2.18. The predicted octanol–water partition coefficient (Wildman–Crippen LogP) is 3.63. The molecular formula is C11H25OP. The van der Waals surface area contributed by atoms with E-state index in [4.69, 9.17) is 4.74 Å². The fourth-order valence-corrected chi connectivity index (χ4v) is 1.38. The maximum atomic E-state index is 5.83. The lowest BCUT2D eigenvalue weighted by atomic mass is 10.0. The van der Waals surface area contributed by atoms with E-state index in [9.17, 15) is 0 Å². The van der Waals surface area contributed by atoms with Gasteiger partial charge in [0, 0.05) is 6.61 Å². The number of rotatable bonds is 6. The summed E-state index contributed by atoms with van der Waals surface area (Å²) in [5, 5.41) is 0.308. The van der Waals surface area contributed by atoms with Crippen LogP contribution in [-0.4, -0.2) is 17.4 Å². The molecule has 80 valence electrons. The molecule has 0 fully saturated rings. The van der Waals surface area contributed by atoms with Crippen molar-refractivity contribution < 1.29 is 4.74 Å². The highest BCUT2D eigenvalue weighted by molar-refractivity contribution is 7.18. The van der Waals surface area contributed by atoms with E-state index in [1.165, 1.54) is 6.42 Å². The molecule has 0 radical (unpaired) electrons. The molecule has 0 bridgehead atoms. The van der Waals surface area contributed by atoms with E-state index < -0.39 is 0 Å². The van der Waals surface area contributed by atoms with Gasteiger partial charge in [0.2, 0.25) is 0 Å². The van der Waals surface area contributed by atoms with Crippen LogP contribution in [0.5, 0.6) is 0 Å². The Morgan fingerprint density at radius 1 is 1.08 bits per heavy atom. The monoisotopic (exact) mass is 204 g/mol. The Balaban J connectivity index is 3.63. The Morgan fingerprint density at radius 2 is 1.62 bits per heavy atom. The number of hydrogen-bond acceptors (Lipinski definition) is 1. The third kappa shape index (κ3) is 8.71. The van der Waals surface area contributed by atoms with E-state index >= 15 is 0 Å². The van der Waals surface area contributed by atoms with Gasteiger partial charge in [0.1, 0.15) is 0 Å². The zero-order valence-electron chi connectivity index (χ0n) is 9.81. The molecule has 0 aromatic heterocycles. The standard InChI is InChI=1S/C11H25OP/c1-6-7-10(2,3)12-9-8-11(4,5)13/h6-9,13H2,1-5H3. The topological polar surface area (TPSA) is 9.23 Å². The quantitative estimate of drug-likeness (QED) is 0.600. The van der Waals surface area contributed by atoms with Crippen molar-refractivity contribution in [2.24, 2.45) is 0 Å². The van der Waals surface area contributed by atoms with Crippen molar-refractivity contribution in [3.63, 3.8) is 0 Å². The summed E-state index contributed by atoms with van der Waals surface area (Å²) in [6, 6.07) is 0. The Kier molecular flexibility index (Phi) is 5.47. The van der Waals surface area contributed by atoms with Crippen LogP contribution >= 0.6 is 9.24 Å². The molecule has 0 amide bonds. The smallest absolute Gasteiger partial charge is 0.0626 e. The molecule has 0 aromatic rings. The van der Waals surface area contributed by atoms with Crippen molar-refractivity contribution in [1.29, 1.82) is 0 Å². The molecule has 0 aliphatic heterocycles. The summed E-state index contributed by atoms with van der Waals surface area (Å²) in [7, 11) is 2.85. The van der Waals surface area contributed by atoms with Gasteiger partial charge in [-0.1, -0.05) is 27.2 Å². The summed E-state index contributed by atoms with van der Waals surface area (Å²) in [4.78, 5) is 0. The van der Waals surface area contributed by atoms with Crippen molar-refractivity contribution in [2.45, 2.75) is 64.6 Å². The molecule has 13 heavy (non-hydrogen) atoms. The van der Waals surface area contributed by atoms with Gasteiger partial charge in [-0.2, -0.15) is 0 Å². The molecule has 0 N–H and O–H groups in total. The molecule has 1 unspecified atom stereocenters. The van der Waals surface area contributed by atoms with Crippen molar-refractivity contribution in [3.05, 3.63) is 0 Å². The largest absolute Gasteiger partial charge is 0.376 e. The van der Waals surface area contributed by atoms with Crippen molar-refractivity contribution in [3.8, 4) is 0 Å². The van der Waals surface area contributed by atoms with Gasteiger partial charge in [-0.3, -0.25) is 0 Å². The van der Waals surface area contributed by atoms with Crippen LogP contribution in [0.3, 0.4) is 0 Å². The first-order chi connectivity index (χ1) is 5.77. The fraction of sp³-hybridized carbons (Fsp3) is 1.00. The zero-order chi connectivity index (χ0) is 10.5. The molecule has 0 heterocycles. The normalized spacial score (nSPS) is 13.4. The van der Waals surface area contributed by atoms with Gasteiger partial charge >= 0.3 is 0 Å². The Morgan fingerprint density at radius 3 is 2.00 bits per heavy atom. The van der Waals surface area contributed by atoms with E-state index in [0.29, 0.717) is 5.16 Å². The highest BCUT2D eigenvalue weighted by Crippen LogP contribution is 2.23. The molecule has 1 atom stereocenters. The van der Waals surface area contributed by atoms with E-state index in [2.05, 4.69) is 43.9 Å². The van der Waals surface area contributed by atoms with Crippen LogP contribution < -0.4 is 0 Å².